The molecule has 2 amide bonds. The van der Waals surface area contributed by atoms with Gasteiger partial charge in [0.2, 0.25) is 0 Å². The zero-order valence-corrected chi connectivity index (χ0v) is 22.7. The number of halogens is 4. The van der Waals surface area contributed by atoms with E-state index in [2.05, 4.69) is 25.6 Å². The molecule has 2 aromatic carbocycles. The molecular formula is C27H27ClF3N7O3. The van der Waals surface area contributed by atoms with Crippen molar-refractivity contribution in [1.82, 2.24) is 19.5 Å². The molecule has 1 fully saturated rings. The molecular weight excluding hydrogens is 563 g/mol. The lowest BCUT2D eigenvalue weighted by Gasteiger charge is -2.26. The summed E-state index contributed by atoms with van der Waals surface area (Å²) in [6.45, 7) is 3.77. The van der Waals surface area contributed by atoms with Crippen molar-refractivity contribution in [3.63, 3.8) is 0 Å². The number of methoxy groups -OCH3 is 1. The summed E-state index contributed by atoms with van der Waals surface area (Å²) in [7, 11) is 1.61. The van der Waals surface area contributed by atoms with Gasteiger partial charge in [0.1, 0.15) is 11.8 Å². The third kappa shape index (κ3) is 6.22. The fraction of sp³-hybridized carbons (Fsp3) is 0.296. The highest BCUT2D eigenvalue weighted by Gasteiger charge is 2.31. The lowest BCUT2D eigenvalue weighted by Crippen LogP contribution is -2.36. The van der Waals surface area contributed by atoms with Crippen molar-refractivity contribution in [3.05, 3.63) is 70.6 Å². The number of urea groups is 1. The summed E-state index contributed by atoms with van der Waals surface area (Å²) >= 11 is 5.99. The molecule has 0 atom stereocenters. The van der Waals surface area contributed by atoms with Crippen LogP contribution in [0.5, 0.6) is 0 Å². The Kier molecular flexibility index (Phi) is 8.31. The number of carbonyl (C=O) groups excluding carboxylic acids is 1. The first-order valence-electron chi connectivity index (χ1n) is 12.6. The number of morpholine rings is 1. The molecule has 10 nitrogen and oxygen atoms in total. The van der Waals surface area contributed by atoms with Crippen LogP contribution >= 0.6 is 11.6 Å². The van der Waals surface area contributed by atoms with E-state index in [1.165, 1.54) is 6.33 Å². The van der Waals surface area contributed by atoms with Crippen LogP contribution in [0.2, 0.25) is 5.02 Å². The van der Waals surface area contributed by atoms with E-state index in [9.17, 15) is 18.0 Å². The molecule has 0 unspecified atom stereocenters. The third-order valence-corrected chi connectivity index (χ3v) is 7.03. The van der Waals surface area contributed by atoms with Gasteiger partial charge in [-0.25, -0.2) is 14.3 Å². The largest absolute Gasteiger partial charge is 0.416 e. The summed E-state index contributed by atoms with van der Waals surface area (Å²) in [5.41, 5.74) is 9.71. The number of aromatic nitrogens is 3. The maximum absolute atomic E-state index is 13.1. The Balaban J connectivity index is 1.42. The van der Waals surface area contributed by atoms with Crippen LogP contribution in [0.25, 0.3) is 16.6 Å². The summed E-state index contributed by atoms with van der Waals surface area (Å²) in [5.74, 6) is 0.306. The second kappa shape index (κ2) is 11.9. The van der Waals surface area contributed by atoms with Crippen molar-refractivity contribution >= 4 is 40.3 Å². The van der Waals surface area contributed by atoms with Crippen molar-refractivity contribution in [2.45, 2.75) is 19.3 Å². The molecule has 1 saturated heterocycles. The van der Waals surface area contributed by atoms with Gasteiger partial charge in [0.15, 0.2) is 5.82 Å². The number of hydrogen-bond donors (Lipinski definition) is 3. The Morgan fingerprint density at radius 1 is 1.15 bits per heavy atom. The zero-order valence-electron chi connectivity index (χ0n) is 22.0. The standard InChI is InChI=1S/C27H27ClF3N7O3/c1-40-14-19-22(13-37-8-10-41-11-9-37)38-24(25(32)33-15-34-38)23(19)16-2-5-18(6-3-16)35-26(39)36-21-12-17(27(29,30)31)4-7-20(21)28/h2-7,12,15H,8-11,13-14H2,1H3,(H2,32,33,34)(H2,35,36,39). The number of ether oxygens (including phenoxy) is 2. The number of anilines is 3. The fourth-order valence-electron chi connectivity index (χ4n) is 4.77. The topological polar surface area (TPSA) is 119 Å². The quantitative estimate of drug-likeness (QED) is 0.269. The number of nitrogens with two attached hydrogens (primary N) is 1. The number of nitrogen functional groups attached to an aromatic ring is 1. The van der Waals surface area contributed by atoms with Crippen molar-refractivity contribution in [2.75, 3.05) is 49.8 Å². The van der Waals surface area contributed by atoms with E-state index in [4.69, 9.17) is 26.8 Å². The maximum Gasteiger partial charge on any atom is 0.416 e. The molecule has 3 heterocycles. The Morgan fingerprint density at radius 2 is 1.88 bits per heavy atom. The van der Waals surface area contributed by atoms with Crippen molar-refractivity contribution in [2.24, 2.45) is 0 Å². The second-order valence-corrected chi connectivity index (χ2v) is 9.78. The van der Waals surface area contributed by atoms with Gasteiger partial charge in [-0.1, -0.05) is 23.7 Å². The van der Waals surface area contributed by atoms with E-state index in [1.54, 1.807) is 35.9 Å². The van der Waals surface area contributed by atoms with Gasteiger partial charge in [0, 0.05) is 43.6 Å². The molecule has 1 aliphatic heterocycles. The number of benzene rings is 2. The molecule has 4 N–H and O–H groups in total. The lowest BCUT2D eigenvalue weighted by molar-refractivity contribution is -0.137. The first-order valence-corrected chi connectivity index (χ1v) is 13.0. The number of nitrogens with zero attached hydrogens (tertiary/aromatic N) is 4. The van der Waals surface area contributed by atoms with E-state index in [-0.39, 0.29) is 10.7 Å². The van der Waals surface area contributed by atoms with Crippen LogP contribution < -0.4 is 16.4 Å². The summed E-state index contributed by atoms with van der Waals surface area (Å²) in [4.78, 5) is 19.1. The van der Waals surface area contributed by atoms with E-state index in [1.807, 2.05) is 0 Å². The first-order chi connectivity index (χ1) is 19.7. The minimum absolute atomic E-state index is 0.0255. The van der Waals surface area contributed by atoms with Crippen molar-refractivity contribution in [1.29, 1.82) is 0 Å². The molecule has 216 valence electrons. The Hall–Kier alpha value is -3.91. The number of rotatable bonds is 7. The molecule has 4 aromatic rings. The predicted octanol–water partition coefficient (Wildman–Crippen LogP) is 5.27. The average molecular weight is 590 g/mol. The first kappa shape index (κ1) is 28.6. The van der Waals surface area contributed by atoms with Gasteiger partial charge in [0.05, 0.1) is 41.8 Å². The van der Waals surface area contributed by atoms with Gasteiger partial charge in [-0.2, -0.15) is 18.3 Å². The van der Waals surface area contributed by atoms with Gasteiger partial charge < -0.3 is 25.8 Å². The highest BCUT2D eigenvalue weighted by molar-refractivity contribution is 6.33. The third-order valence-electron chi connectivity index (χ3n) is 6.70. The van der Waals surface area contributed by atoms with Crippen LogP contribution in [0, 0.1) is 0 Å². The van der Waals surface area contributed by atoms with Crippen LogP contribution in [0.3, 0.4) is 0 Å². The summed E-state index contributed by atoms with van der Waals surface area (Å²) in [6.07, 6.45) is -3.16. The van der Waals surface area contributed by atoms with Crippen LogP contribution in [0.1, 0.15) is 16.8 Å². The Labute approximate surface area is 238 Å². The van der Waals surface area contributed by atoms with E-state index in [0.717, 1.165) is 53.7 Å². The summed E-state index contributed by atoms with van der Waals surface area (Å²) in [6, 6.07) is 8.89. The van der Waals surface area contributed by atoms with Crippen LogP contribution in [0.15, 0.2) is 48.8 Å². The average Bonchev–Trinajstić information content (AvgIpc) is 3.24. The van der Waals surface area contributed by atoms with Crippen molar-refractivity contribution in [3.8, 4) is 11.1 Å². The van der Waals surface area contributed by atoms with Gasteiger partial charge in [-0.3, -0.25) is 4.90 Å². The second-order valence-electron chi connectivity index (χ2n) is 9.38. The van der Waals surface area contributed by atoms with E-state index < -0.39 is 17.8 Å². The normalized spacial score (nSPS) is 14.4. The van der Waals surface area contributed by atoms with Gasteiger partial charge in [-0.15, -0.1) is 0 Å². The number of carbonyl (C=O) groups is 1. The predicted molar refractivity (Wildman–Crippen MR) is 149 cm³/mol. The van der Waals surface area contributed by atoms with Gasteiger partial charge in [-0.05, 0) is 35.9 Å². The minimum atomic E-state index is -4.57. The van der Waals surface area contributed by atoms with Gasteiger partial charge in [0.25, 0.3) is 0 Å². The number of alkyl halides is 3. The van der Waals surface area contributed by atoms with Gasteiger partial charge >= 0.3 is 12.2 Å². The molecule has 41 heavy (non-hydrogen) atoms. The number of amides is 2. The SMILES string of the molecule is COCc1c(-c2ccc(NC(=O)Nc3cc(C(F)(F)F)ccc3Cl)cc2)c2c(N)ncnn2c1CN1CCOCC1. The Morgan fingerprint density at radius 3 is 2.56 bits per heavy atom. The molecule has 0 saturated carbocycles. The zero-order chi connectivity index (χ0) is 29.1. The fourth-order valence-corrected chi connectivity index (χ4v) is 4.93. The summed E-state index contributed by atoms with van der Waals surface area (Å²) in [5, 5.41) is 9.44. The number of nitrogens with one attached hydrogen (secondary N) is 2. The molecule has 2 aromatic heterocycles. The highest BCUT2D eigenvalue weighted by atomic mass is 35.5. The van der Waals surface area contributed by atoms with Crippen molar-refractivity contribution < 1.29 is 27.4 Å². The highest BCUT2D eigenvalue weighted by Crippen LogP contribution is 2.37. The van der Waals surface area contributed by atoms with E-state index >= 15 is 0 Å². The lowest BCUT2D eigenvalue weighted by atomic mass is 10.0. The molecule has 0 bridgehead atoms. The van der Waals surface area contributed by atoms with E-state index in [0.29, 0.717) is 43.4 Å². The van der Waals surface area contributed by atoms with Crippen LogP contribution in [0.4, 0.5) is 35.2 Å². The molecule has 0 radical (unpaired) electrons. The Bertz CT molecular complexity index is 1550. The monoisotopic (exact) mass is 589 g/mol. The number of hydrogen-bond acceptors (Lipinski definition) is 7. The maximum atomic E-state index is 13.1. The summed E-state index contributed by atoms with van der Waals surface area (Å²) < 4.78 is 52.1. The molecule has 0 aliphatic carbocycles. The van der Waals surface area contributed by atoms with Crippen LogP contribution in [-0.2, 0) is 28.8 Å². The smallest absolute Gasteiger partial charge is 0.382 e. The molecule has 14 heteroatoms. The number of fused-ring (bicyclic) bond motifs is 1. The molecule has 0 spiro atoms. The van der Waals surface area contributed by atoms with Crippen LogP contribution in [-0.4, -0.2) is 58.9 Å². The molecule has 1 aliphatic rings. The molecule has 5 rings (SSSR count). The minimum Gasteiger partial charge on any atom is -0.382 e.